The van der Waals surface area contributed by atoms with Gasteiger partial charge in [-0.15, -0.1) is 0 Å². The second-order valence-corrected chi connectivity index (χ2v) is 7.18. The Labute approximate surface area is 163 Å². The summed E-state index contributed by atoms with van der Waals surface area (Å²) in [6.45, 7) is 5.17. The zero-order chi connectivity index (χ0) is 20.7. The third-order valence-electron chi connectivity index (χ3n) is 3.64. The van der Waals surface area contributed by atoms with Crippen LogP contribution >= 0.6 is 0 Å². The molecule has 8 nitrogen and oxygen atoms in total. The van der Waals surface area contributed by atoms with Crippen molar-refractivity contribution in [2.75, 3.05) is 5.32 Å². The minimum Gasteiger partial charge on any atom is -0.444 e. The molecule has 2 rings (SSSR count). The number of nitrogens with one attached hydrogen (secondary N) is 2. The Balaban J connectivity index is 2.15. The van der Waals surface area contributed by atoms with Gasteiger partial charge in [0, 0.05) is 24.2 Å². The van der Waals surface area contributed by atoms with E-state index in [1.54, 1.807) is 57.2 Å². The van der Waals surface area contributed by atoms with E-state index in [0.717, 1.165) is 0 Å². The Bertz CT molecular complexity index is 829. The van der Waals surface area contributed by atoms with Crippen LogP contribution in [0.3, 0.4) is 0 Å². The number of alkyl carbamates (subject to hydrolysis) is 1. The van der Waals surface area contributed by atoms with E-state index in [1.165, 1.54) is 12.1 Å². The van der Waals surface area contributed by atoms with Gasteiger partial charge in [0.25, 0.3) is 5.69 Å². The highest BCUT2D eigenvalue weighted by Crippen LogP contribution is 2.15. The van der Waals surface area contributed by atoms with Crippen LogP contribution in [0.4, 0.5) is 16.2 Å². The molecule has 2 aromatic carbocycles. The van der Waals surface area contributed by atoms with Crippen LogP contribution in [0.2, 0.25) is 0 Å². The Morgan fingerprint density at radius 3 is 2.21 bits per heavy atom. The van der Waals surface area contributed by atoms with Crippen molar-refractivity contribution in [3.8, 4) is 0 Å². The number of ether oxygens (including phenoxy) is 1. The van der Waals surface area contributed by atoms with Gasteiger partial charge in [-0.1, -0.05) is 30.3 Å². The predicted octanol–water partition coefficient (Wildman–Crippen LogP) is 3.67. The van der Waals surface area contributed by atoms with E-state index < -0.39 is 28.6 Å². The lowest BCUT2D eigenvalue weighted by atomic mass is 10.0. The molecular formula is C20H23N3O5. The summed E-state index contributed by atoms with van der Waals surface area (Å²) < 4.78 is 5.24. The Kier molecular flexibility index (Phi) is 6.70. The summed E-state index contributed by atoms with van der Waals surface area (Å²) in [4.78, 5) is 35.2. The zero-order valence-corrected chi connectivity index (χ0v) is 16.0. The number of anilines is 1. The molecule has 0 radical (unpaired) electrons. The molecule has 0 fully saturated rings. The molecule has 2 amide bonds. The van der Waals surface area contributed by atoms with Crippen molar-refractivity contribution in [3.63, 3.8) is 0 Å². The minimum absolute atomic E-state index is 0.0471. The fraction of sp³-hybridized carbons (Fsp3) is 0.300. The van der Waals surface area contributed by atoms with Crippen molar-refractivity contribution in [3.05, 3.63) is 70.3 Å². The highest BCUT2D eigenvalue weighted by molar-refractivity contribution is 5.96. The summed E-state index contributed by atoms with van der Waals surface area (Å²) in [6.07, 6.45) is -0.571. The highest BCUT2D eigenvalue weighted by Gasteiger charge is 2.25. The number of nitro benzene ring substituents is 1. The van der Waals surface area contributed by atoms with Gasteiger partial charge < -0.3 is 15.4 Å². The molecule has 2 N–H and O–H groups in total. The summed E-state index contributed by atoms with van der Waals surface area (Å²) in [6, 6.07) is 13.7. The van der Waals surface area contributed by atoms with Crippen molar-refractivity contribution < 1.29 is 19.2 Å². The average molecular weight is 385 g/mol. The molecule has 0 aromatic heterocycles. The number of nitro groups is 1. The number of para-hydroxylation sites is 1. The van der Waals surface area contributed by atoms with Crippen LogP contribution < -0.4 is 10.6 Å². The summed E-state index contributed by atoms with van der Waals surface area (Å²) in [5.74, 6) is -0.421. The molecule has 1 atom stereocenters. The maximum Gasteiger partial charge on any atom is 0.408 e. The number of benzene rings is 2. The lowest BCUT2D eigenvalue weighted by Gasteiger charge is -2.23. The lowest BCUT2D eigenvalue weighted by molar-refractivity contribution is -0.384. The highest BCUT2D eigenvalue weighted by atomic mass is 16.6. The number of hydrogen-bond donors (Lipinski definition) is 2. The smallest absolute Gasteiger partial charge is 0.408 e. The second kappa shape index (κ2) is 8.98. The number of rotatable bonds is 6. The molecule has 28 heavy (non-hydrogen) atoms. The molecule has 0 bridgehead atoms. The number of amides is 2. The molecule has 8 heteroatoms. The first kappa shape index (κ1) is 20.9. The van der Waals surface area contributed by atoms with E-state index in [-0.39, 0.29) is 12.1 Å². The van der Waals surface area contributed by atoms with Gasteiger partial charge in [-0.3, -0.25) is 14.9 Å². The van der Waals surface area contributed by atoms with Crippen LogP contribution in [0.1, 0.15) is 26.3 Å². The van der Waals surface area contributed by atoms with Crippen LogP contribution in [0, 0.1) is 10.1 Å². The number of nitrogens with zero attached hydrogens (tertiary/aromatic N) is 1. The summed E-state index contributed by atoms with van der Waals surface area (Å²) in [5.41, 5.74) is 0.494. The minimum atomic E-state index is -0.920. The monoisotopic (exact) mass is 385 g/mol. The molecular weight excluding hydrogens is 362 g/mol. The molecule has 2 aromatic rings. The van der Waals surface area contributed by atoms with Crippen LogP contribution in [0.25, 0.3) is 0 Å². The van der Waals surface area contributed by atoms with Gasteiger partial charge in [0.05, 0.1) is 4.92 Å². The first-order valence-electron chi connectivity index (χ1n) is 8.73. The van der Waals surface area contributed by atoms with Crippen LogP contribution in [-0.4, -0.2) is 28.6 Å². The number of non-ortho nitro benzene ring substituents is 1. The predicted molar refractivity (Wildman–Crippen MR) is 105 cm³/mol. The fourth-order valence-corrected chi connectivity index (χ4v) is 2.40. The Hall–Kier alpha value is -3.42. The number of carbonyl (C=O) groups excluding carboxylic acids is 2. The molecule has 0 aliphatic rings. The van der Waals surface area contributed by atoms with Crippen LogP contribution in [0.5, 0.6) is 0 Å². The molecule has 0 saturated heterocycles. The Morgan fingerprint density at radius 1 is 1.07 bits per heavy atom. The van der Waals surface area contributed by atoms with Gasteiger partial charge in [0.1, 0.15) is 11.6 Å². The summed E-state index contributed by atoms with van der Waals surface area (Å²) in [7, 11) is 0. The third kappa shape index (κ3) is 6.71. The lowest BCUT2D eigenvalue weighted by Crippen LogP contribution is -2.47. The van der Waals surface area contributed by atoms with Crippen LogP contribution in [-0.2, 0) is 16.0 Å². The molecule has 0 aliphatic heterocycles. The average Bonchev–Trinajstić information content (AvgIpc) is 2.61. The third-order valence-corrected chi connectivity index (χ3v) is 3.64. The van der Waals surface area contributed by atoms with Gasteiger partial charge in [0.2, 0.25) is 5.91 Å². The first-order chi connectivity index (χ1) is 13.1. The van der Waals surface area contributed by atoms with Crippen molar-refractivity contribution in [1.29, 1.82) is 0 Å². The van der Waals surface area contributed by atoms with E-state index in [9.17, 15) is 19.7 Å². The van der Waals surface area contributed by atoms with E-state index in [4.69, 9.17) is 4.74 Å². The van der Waals surface area contributed by atoms with Gasteiger partial charge in [0.15, 0.2) is 0 Å². The molecule has 148 valence electrons. The topological polar surface area (TPSA) is 111 Å². The van der Waals surface area contributed by atoms with E-state index in [1.807, 2.05) is 6.07 Å². The maximum atomic E-state index is 12.7. The molecule has 0 saturated carbocycles. The van der Waals surface area contributed by atoms with Gasteiger partial charge >= 0.3 is 6.09 Å². The standard InChI is InChI=1S/C20H23N3O5/c1-20(2,3)28-19(25)22-17(18(24)21-15-7-5-4-6-8-15)13-14-9-11-16(12-10-14)23(26)27/h4-12,17H,13H2,1-3H3,(H,21,24)(H,22,25)/t17-/m0/s1. The van der Waals surface area contributed by atoms with Crippen molar-refractivity contribution in [2.45, 2.75) is 38.8 Å². The van der Waals surface area contributed by atoms with Gasteiger partial charge in [-0.05, 0) is 38.5 Å². The fourth-order valence-electron chi connectivity index (χ4n) is 2.40. The normalized spacial score (nSPS) is 12.0. The van der Waals surface area contributed by atoms with E-state index in [2.05, 4.69) is 10.6 Å². The SMILES string of the molecule is CC(C)(C)OC(=O)N[C@@H](Cc1ccc([N+](=O)[O-])cc1)C(=O)Nc1ccccc1. The maximum absolute atomic E-state index is 12.7. The number of carbonyl (C=O) groups is 2. The quantitative estimate of drug-likeness (QED) is 0.582. The molecule has 0 aliphatic carbocycles. The largest absolute Gasteiger partial charge is 0.444 e. The van der Waals surface area contributed by atoms with Crippen molar-refractivity contribution >= 4 is 23.4 Å². The number of hydrogen-bond acceptors (Lipinski definition) is 5. The Morgan fingerprint density at radius 2 is 1.68 bits per heavy atom. The van der Waals surface area contributed by atoms with Gasteiger partial charge in [-0.2, -0.15) is 0 Å². The first-order valence-corrected chi connectivity index (χ1v) is 8.73. The molecule has 0 heterocycles. The molecule has 0 spiro atoms. The van der Waals surface area contributed by atoms with E-state index in [0.29, 0.717) is 11.3 Å². The van der Waals surface area contributed by atoms with Gasteiger partial charge in [-0.25, -0.2) is 4.79 Å². The van der Waals surface area contributed by atoms with E-state index >= 15 is 0 Å². The summed E-state index contributed by atoms with van der Waals surface area (Å²) in [5, 5.41) is 16.1. The van der Waals surface area contributed by atoms with Crippen molar-refractivity contribution in [2.24, 2.45) is 0 Å². The zero-order valence-electron chi connectivity index (χ0n) is 16.0. The van der Waals surface area contributed by atoms with Crippen LogP contribution in [0.15, 0.2) is 54.6 Å². The molecule has 0 unspecified atom stereocenters. The van der Waals surface area contributed by atoms with Crippen molar-refractivity contribution in [1.82, 2.24) is 5.32 Å². The second-order valence-electron chi connectivity index (χ2n) is 7.18. The summed E-state index contributed by atoms with van der Waals surface area (Å²) >= 11 is 0.